The molecule has 2 fully saturated rings. The predicted molar refractivity (Wildman–Crippen MR) is 92.4 cm³/mol. The number of carbonyl (C=O) groups is 1. The fourth-order valence-electron chi connectivity index (χ4n) is 2.96. The normalized spacial score (nSPS) is 19.4. The van der Waals surface area contributed by atoms with Crippen LogP contribution in [0.5, 0.6) is 0 Å². The van der Waals surface area contributed by atoms with Crippen LogP contribution in [0, 0.1) is 0 Å². The van der Waals surface area contributed by atoms with Crippen LogP contribution in [0.25, 0.3) is 0 Å². The van der Waals surface area contributed by atoms with Crippen LogP contribution in [-0.4, -0.2) is 99.0 Å². The van der Waals surface area contributed by atoms with Crippen LogP contribution < -0.4 is 9.80 Å². The molecule has 0 atom stereocenters. The summed E-state index contributed by atoms with van der Waals surface area (Å²) in [7, 11) is 3.90. The molecule has 3 rings (SSSR count). The maximum absolute atomic E-state index is 12.3. The number of morpholine rings is 1. The van der Waals surface area contributed by atoms with Gasteiger partial charge in [0.1, 0.15) is 0 Å². The standard InChI is InChI=1S/C16H26N6O2/c1-19(2)14-3-4-15(18-17-14)21-7-5-20(6-8-21)13-16(23)22-9-11-24-12-10-22/h3-4H,5-13H2,1-2H3. The van der Waals surface area contributed by atoms with E-state index < -0.39 is 0 Å². The van der Waals surface area contributed by atoms with Crippen molar-refractivity contribution in [3.05, 3.63) is 12.1 Å². The van der Waals surface area contributed by atoms with Crippen molar-refractivity contribution in [1.29, 1.82) is 0 Å². The SMILES string of the molecule is CN(C)c1ccc(N2CCN(CC(=O)N3CCOCC3)CC2)nn1. The summed E-state index contributed by atoms with van der Waals surface area (Å²) < 4.78 is 5.30. The van der Waals surface area contributed by atoms with E-state index in [4.69, 9.17) is 4.74 Å². The molecule has 8 nitrogen and oxygen atoms in total. The number of hydrogen-bond donors (Lipinski definition) is 0. The highest BCUT2D eigenvalue weighted by Crippen LogP contribution is 2.15. The van der Waals surface area contributed by atoms with Crippen molar-refractivity contribution in [2.75, 3.05) is 82.9 Å². The Bertz CT molecular complexity index is 536. The number of piperazine rings is 1. The molecule has 24 heavy (non-hydrogen) atoms. The molecular weight excluding hydrogens is 308 g/mol. The Morgan fingerprint density at radius 1 is 1.08 bits per heavy atom. The molecule has 132 valence electrons. The van der Waals surface area contributed by atoms with Gasteiger partial charge in [0, 0.05) is 53.4 Å². The summed E-state index contributed by atoms with van der Waals surface area (Å²) in [5.74, 6) is 1.97. The zero-order valence-electron chi connectivity index (χ0n) is 14.5. The first kappa shape index (κ1) is 16.9. The number of hydrogen-bond acceptors (Lipinski definition) is 7. The minimum Gasteiger partial charge on any atom is -0.378 e. The van der Waals surface area contributed by atoms with E-state index in [1.54, 1.807) is 0 Å². The minimum atomic E-state index is 0.210. The van der Waals surface area contributed by atoms with E-state index in [2.05, 4.69) is 20.0 Å². The van der Waals surface area contributed by atoms with E-state index >= 15 is 0 Å². The van der Waals surface area contributed by atoms with Gasteiger partial charge in [0.2, 0.25) is 5.91 Å². The van der Waals surface area contributed by atoms with Gasteiger partial charge in [-0.05, 0) is 12.1 Å². The molecule has 2 aliphatic heterocycles. The first-order valence-corrected chi connectivity index (χ1v) is 8.47. The molecule has 1 amide bonds. The smallest absolute Gasteiger partial charge is 0.236 e. The Balaban J connectivity index is 1.47. The molecular formula is C16H26N6O2. The largest absolute Gasteiger partial charge is 0.378 e. The zero-order chi connectivity index (χ0) is 16.9. The van der Waals surface area contributed by atoms with E-state index in [9.17, 15) is 4.79 Å². The van der Waals surface area contributed by atoms with E-state index in [0.717, 1.165) is 37.8 Å². The fraction of sp³-hybridized carbons (Fsp3) is 0.688. The zero-order valence-corrected chi connectivity index (χ0v) is 14.5. The fourth-order valence-corrected chi connectivity index (χ4v) is 2.96. The molecule has 1 aromatic rings. The quantitative estimate of drug-likeness (QED) is 0.737. The van der Waals surface area contributed by atoms with Crippen LogP contribution in [0.3, 0.4) is 0 Å². The molecule has 2 saturated heterocycles. The maximum atomic E-state index is 12.3. The molecule has 0 unspecified atom stereocenters. The highest BCUT2D eigenvalue weighted by molar-refractivity contribution is 5.78. The Morgan fingerprint density at radius 3 is 2.38 bits per heavy atom. The lowest BCUT2D eigenvalue weighted by Crippen LogP contribution is -2.51. The van der Waals surface area contributed by atoms with Gasteiger partial charge in [-0.25, -0.2) is 0 Å². The van der Waals surface area contributed by atoms with E-state index in [0.29, 0.717) is 32.8 Å². The second-order valence-electron chi connectivity index (χ2n) is 6.40. The average Bonchev–Trinajstić information content (AvgIpc) is 2.63. The van der Waals surface area contributed by atoms with Gasteiger partial charge in [0.25, 0.3) is 0 Å². The topological polar surface area (TPSA) is 65.0 Å². The molecule has 1 aromatic heterocycles. The average molecular weight is 334 g/mol. The van der Waals surface area contributed by atoms with Gasteiger partial charge in [0.15, 0.2) is 11.6 Å². The summed E-state index contributed by atoms with van der Waals surface area (Å²) in [4.78, 5) is 20.6. The molecule has 0 bridgehead atoms. The van der Waals surface area contributed by atoms with Crippen molar-refractivity contribution in [2.24, 2.45) is 0 Å². The van der Waals surface area contributed by atoms with Crippen LogP contribution >= 0.6 is 0 Å². The number of aromatic nitrogens is 2. The van der Waals surface area contributed by atoms with Gasteiger partial charge in [-0.2, -0.15) is 0 Å². The third-order valence-corrected chi connectivity index (χ3v) is 4.51. The first-order chi connectivity index (χ1) is 11.6. The summed E-state index contributed by atoms with van der Waals surface area (Å²) in [6.07, 6.45) is 0. The molecule has 0 aromatic carbocycles. The Labute approximate surface area is 143 Å². The van der Waals surface area contributed by atoms with Crippen LogP contribution in [0.15, 0.2) is 12.1 Å². The molecule has 2 aliphatic rings. The summed E-state index contributed by atoms with van der Waals surface area (Å²) in [6.45, 7) is 6.71. The van der Waals surface area contributed by atoms with Crippen LogP contribution in [0.2, 0.25) is 0 Å². The number of nitrogens with zero attached hydrogens (tertiary/aromatic N) is 6. The Hall–Kier alpha value is -1.93. The highest BCUT2D eigenvalue weighted by atomic mass is 16.5. The number of carbonyl (C=O) groups excluding carboxylic acids is 1. The number of amides is 1. The van der Waals surface area contributed by atoms with Crippen molar-refractivity contribution in [3.63, 3.8) is 0 Å². The van der Waals surface area contributed by atoms with E-state index in [-0.39, 0.29) is 5.91 Å². The first-order valence-electron chi connectivity index (χ1n) is 8.47. The second-order valence-corrected chi connectivity index (χ2v) is 6.40. The van der Waals surface area contributed by atoms with Gasteiger partial charge >= 0.3 is 0 Å². The van der Waals surface area contributed by atoms with Crippen molar-refractivity contribution in [2.45, 2.75) is 0 Å². The van der Waals surface area contributed by atoms with E-state index in [1.807, 2.05) is 36.0 Å². The highest BCUT2D eigenvalue weighted by Gasteiger charge is 2.23. The van der Waals surface area contributed by atoms with Gasteiger partial charge in [-0.15, -0.1) is 10.2 Å². The Kier molecular flexibility index (Phi) is 5.47. The molecule has 0 N–H and O–H groups in total. The molecule has 0 radical (unpaired) electrons. The number of rotatable bonds is 4. The third kappa shape index (κ3) is 4.12. The van der Waals surface area contributed by atoms with Gasteiger partial charge < -0.3 is 19.4 Å². The molecule has 0 spiro atoms. The summed E-state index contributed by atoms with van der Waals surface area (Å²) in [5.41, 5.74) is 0. The maximum Gasteiger partial charge on any atom is 0.236 e. The predicted octanol–water partition coefficient (Wildman–Crippen LogP) is -0.477. The van der Waals surface area contributed by atoms with Crippen LogP contribution in [-0.2, 0) is 9.53 Å². The minimum absolute atomic E-state index is 0.210. The molecule has 0 saturated carbocycles. The molecule has 0 aliphatic carbocycles. The lowest BCUT2D eigenvalue weighted by Gasteiger charge is -2.36. The van der Waals surface area contributed by atoms with E-state index in [1.165, 1.54) is 0 Å². The second kappa shape index (κ2) is 7.76. The van der Waals surface area contributed by atoms with Crippen molar-refractivity contribution in [3.8, 4) is 0 Å². The van der Waals surface area contributed by atoms with Gasteiger partial charge in [0.05, 0.1) is 19.8 Å². The number of ether oxygens (including phenoxy) is 1. The lowest BCUT2D eigenvalue weighted by molar-refractivity contribution is -0.136. The summed E-state index contributed by atoms with van der Waals surface area (Å²) in [6, 6.07) is 3.99. The van der Waals surface area contributed by atoms with Crippen molar-refractivity contribution < 1.29 is 9.53 Å². The van der Waals surface area contributed by atoms with Crippen LogP contribution in [0.1, 0.15) is 0 Å². The number of anilines is 2. The molecule has 8 heteroatoms. The summed E-state index contributed by atoms with van der Waals surface area (Å²) in [5, 5.41) is 8.54. The van der Waals surface area contributed by atoms with Gasteiger partial charge in [-0.3, -0.25) is 9.69 Å². The molecule has 3 heterocycles. The van der Waals surface area contributed by atoms with Crippen molar-refractivity contribution in [1.82, 2.24) is 20.0 Å². The van der Waals surface area contributed by atoms with Crippen molar-refractivity contribution >= 4 is 17.5 Å². The van der Waals surface area contributed by atoms with Crippen LogP contribution in [0.4, 0.5) is 11.6 Å². The summed E-state index contributed by atoms with van der Waals surface area (Å²) >= 11 is 0. The van der Waals surface area contributed by atoms with Gasteiger partial charge in [-0.1, -0.05) is 0 Å². The third-order valence-electron chi connectivity index (χ3n) is 4.51. The Morgan fingerprint density at radius 2 is 1.79 bits per heavy atom. The monoisotopic (exact) mass is 334 g/mol. The lowest BCUT2D eigenvalue weighted by atomic mass is 10.3.